The van der Waals surface area contributed by atoms with Gasteiger partial charge in [-0.2, -0.15) is 0 Å². The fourth-order valence-electron chi connectivity index (χ4n) is 2.69. The highest BCUT2D eigenvalue weighted by Gasteiger charge is 2.32. The summed E-state index contributed by atoms with van der Waals surface area (Å²) in [5.74, 6) is -1.53. The standard InChI is InChI=1S/C15H18N2O7/c1-23-12-7-10(11(17(21)22)8-13(12)24-2)14(18)16-5-3-9(4-6-16)15(19)20/h7-9H,3-6H2,1-2H3,(H,19,20). The molecule has 0 atom stereocenters. The highest BCUT2D eigenvalue weighted by atomic mass is 16.6. The van der Waals surface area contributed by atoms with Crippen molar-refractivity contribution in [2.24, 2.45) is 5.92 Å². The van der Waals surface area contributed by atoms with Crippen molar-refractivity contribution in [3.8, 4) is 11.5 Å². The smallest absolute Gasteiger partial charge is 0.306 e. The van der Waals surface area contributed by atoms with Gasteiger partial charge in [-0.3, -0.25) is 19.7 Å². The molecule has 1 aromatic rings. The van der Waals surface area contributed by atoms with Crippen LogP contribution in [0.2, 0.25) is 0 Å². The largest absolute Gasteiger partial charge is 0.493 e. The van der Waals surface area contributed by atoms with Gasteiger partial charge in [-0.05, 0) is 12.8 Å². The number of nitro groups is 1. The van der Waals surface area contributed by atoms with Gasteiger partial charge in [0.05, 0.1) is 31.1 Å². The molecule has 1 aromatic carbocycles. The SMILES string of the molecule is COc1cc(C(=O)N2CCC(C(=O)O)CC2)c([N+](=O)[O-])cc1OC. The van der Waals surface area contributed by atoms with E-state index in [9.17, 15) is 19.7 Å². The first kappa shape index (κ1) is 17.5. The zero-order valence-corrected chi connectivity index (χ0v) is 13.4. The Morgan fingerprint density at radius 2 is 1.75 bits per heavy atom. The number of aliphatic carboxylic acids is 1. The quantitative estimate of drug-likeness (QED) is 0.639. The molecule has 9 nitrogen and oxygen atoms in total. The second kappa shape index (κ2) is 7.16. The highest BCUT2D eigenvalue weighted by Crippen LogP contribution is 2.35. The Morgan fingerprint density at radius 1 is 1.21 bits per heavy atom. The monoisotopic (exact) mass is 338 g/mol. The van der Waals surface area contributed by atoms with E-state index in [4.69, 9.17) is 14.6 Å². The summed E-state index contributed by atoms with van der Waals surface area (Å²) < 4.78 is 10.1. The number of carbonyl (C=O) groups excluding carboxylic acids is 1. The number of methoxy groups -OCH3 is 2. The van der Waals surface area contributed by atoms with Crippen LogP contribution in [0.1, 0.15) is 23.2 Å². The van der Waals surface area contributed by atoms with Gasteiger partial charge in [-0.1, -0.05) is 0 Å². The molecule has 0 unspecified atom stereocenters. The third-order valence-corrected chi connectivity index (χ3v) is 4.06. The number of likely N-dealkylation sites (tertiary alicyclic amines) is 1. The van der Waals surface area contributed by atoms with Crippen LogP contribution in [-0.4, -0.2) is 54.1 Å². The van der Waals surface area contributed by atoms with Crippen molar-refractivity contribution in [3.05, 3.63) is 27.8 Å². The van der Waals surface area contributed by atoms with E-state index in [1.165, 1.54) is 25.2 Å². The third kappa shape index (κ3) is 3.39. The molecule has 0 saturated carbocycles. The molecule has 1 heterocycles. The molecule has 0 aliphatic carbocycles. The number of hydrogen-bond donors (Lipinski definition) is 1. The summed E-state index contributed by atoms with van der Waals surface area (Å²) in [6.07, 6.45) is 0.643. The van der Waals surface area contributed by atoms with Crippen LogP contribution < -0.4 is 9.47 Å². The second-order valence-corrected chi connectivity index (χ2v) is 5.39. The lowest BCUT2D eigenvalue weighted by molar-refractivity contribution is -0.385. The van der Waals surface area contributed by atoms with E-state index in [-0.39, 0.29) is 35.8 Å². The zero-order valence-electron chi connectivity index (χ0n) is 13.4. The minimum Gasteiger partial charge on any atom is -0.493 e. The number of hydrogen-bond acceptors (Lipinski definition) is 6. The van der Waals surface area contributed by atoms with Gasteiger partial charge in [0.15, 0.2) is 11.5 Å². The van der Waals surface area contributed by atoms with Gasteiger partial charge in [0.25, 0.3) is 11.6 Å². The van der Waals surface area contributed by atoms with Crippen LogP contribution in [0.4, 0.5) is 5.69 Å². The normalized spacial score (nSPS) is 15.0. The van der Waals surface area contributed by atoms with Crippen LogP contribution in [0.25, 0.3) is 0 Å². The maximum absolute atomic E-state index is 12.6. The van der Waals surface area contributed by atoms with E-state index >= 15 is 0 Å². The average molecular weight is 338 g/mol. The Labute approximate surface area is 137 Å². The van der Waals surface area contributed by atoms with E-state index in [1.807, 2.05) is 0 Å². The van der Waals surface area contributed by atoms with E-state index in [0.29, 0.717) is 12.8 Å². The Hall–Kier alpha value is -2.84. The van der Waals surface area contributed by atoms with Gasteiger partial charge in [0.2, 0.25) is 0 Å². The topological polar surface area (TPSA) is 119 Å². The molecule has 0 bridgehead atoms. The number of nitro benzene ring substituents is 1. The number of carboxylic acids is 1. The number of amides is 1. The maximum atomic E-state index is 12.6. The predicted octanol–water partition coefficient (Wildman–Crippen LogP) is 1.55. The Morgan fingerprint density at radius 3 is 2.21 bits per heavy atom. The molecule has 0 aromatic heterocycles. The fraction of sp³-hybridized carbons (Fsp3) is 0.467. The van der Waals surface area contributed by atoms with Crippen LogP contribution in [-0.2, 0) is 4.79 Å². The van der Waals surface area contributed by atoms with E-state index in [0.717, 1.165) is 6.07 Å². The summed E-state index contributed by atoms with van der Waals surface area (Å²) in [7, 11) is 2.72. The minimum absolute atomic E-state index is 0.105. The molecule has 24 heavy (non-hydrogen) atoms. The molecular weight excluding hydrogens is 320 g/mol. The van der Waals surface area contributed by atoms with Crippen molar-refractivity contribution in [1.29, 1.82) is 0 Å². The average Bonchev–Trinajstić information content (AvgIpc) is 2.59. The number of benzene rings is 1. The van der Waals surface area contributed by atoms with Crippen LogP contribution in [0, 0.1) is 16.0 Å². The van der Waals surface area contributed by atoms with Gasteiger partial charge >= 0.3 is 5.97 Å². The molecule has 130 valence electrons. The lowest BCUT2D eigenvalue weighted by Crippen LogP contribution is -2.40. The van der Waals surface area contributed by atoms with Gasteiger partial charge < -0.3 is 19.5 Å². The van der Waals surface area contributed by atoms with Crippen LogP contribution in [0.5, 0.6) is 11.5 Å². The molecule has 1 N–H and O–H groups in total. The molecule has 2 rings (SSSR count). The van der Waals surface area contributed by atoms with Crippen molar-refractivity contribution in [3.63, 3.8) is 0 Å². The molecule has 1 saturated heterocycles. The number of carboxylic acid groups (broad SMARTS) is 1. The maximum Gasteiger partial charge on any atom is 0.306 e. The number of carbonyl (C=O) groups is 2. The van der Waals surface area contributed by atoms with E-state index < -0.39 is 22.7 Å². The summed E-state index contributed by atoms with van der Waals surface area (Å²) in [5.41, 5.74) is -0.482. The summed E-state index contributed by atoms with van der Waals surface area (Å²) in [6.45, 7) is 0.475. The summed E-state index contributed by atoms with van der Waals surface area (Å²) in [4.78, 5) is 35.7. The molecule has 1 amide bonds. The lowest BCUT2D eigenvalue weighted by atomic mass is 9.96. The summed E-state index contributed by atoms with van der Waals surface area (Å²) >= 11 is 0. The predicted molar refractivity (Wildman–Crippen MR) is 82.5 cm³/mol. The van der Waals surface area contributed by atoms with Crippen molar-refractivity contribution >= 4 is 17.6 Å². The van der Waals surface area contributed by atoms with Crippen LogP contribution >= 0.6 is 0 Å². The first-order valence-corrected chi connectivity index (χ1v) is 7.31. The zero-order chi connectivity index (χ0) is 17.9. The van der Waals surface area contributed by atoms with E-state index in [2.05, 4.69) is 0 Å². The Bertz CT molecular complexity index is 666. The first-order chi connectivity index (χ1) is 11.4. The van der Waals surface area contributed by atoms with Crippen molar-refractivity contribution < 1.29 is 29.1 Å². The van der Waals surface area contributed by atoms with Crippen LogP contribution in [0.3, 0.4) is 0 Å². The molecule has 9 heteroatoms. The van der Waals surface area contributed by atoms with Crippen molar-refractivity contribution in [2.75, 3.05) is 27.3 Å². The molecule has 1 fully saturated rings. The first-order valence-electron chi connectivity index (χ1n) is 7.31. The third-order valence-electron chi connectivity index (χ3n) is 4.06. The molecule has 0 spiro atoms. The van der Waals surface area contributed by atoms with Gasteiger partial charge in [-0.25, -0.2) is 0 Å². The fourth-order valence-corrected chi connectivity index (χ4v) is 2.69. The number of piperidine rings is 1. The summed E-state index contributed by atoms with van der Waals surface area (Å²) in [6, 6.07) is 2.43. The number of ether oxygens (including phenoxy) is 2. The molecule has 1 aliphatic heterocycles. The molecule has 1 aliphatic rings. The van der Waals surface area contributed by atoms with Crippen LogP contribution in [0.15, 0.2) is 12.1 Å². The number of nitrogens with zero attached hydrogens (tertiary/aromatic N) is 2. The second-order valence-electron chi connectivity index (χ2n) is 5.39. The Balaban J connectivity index is 2.31. The molecule has 0 radical (unpaired) electrons. The molecular formula is C15H18N2O7. The van der Waals surface area contributed by atoms with Crippen molar-refractivity contribution in [1.82, 2.24) is 4.90 Å². The number of rotatable bonds is 5. The summed E-state index contributed by atoms with van der Waals surface area (Å²) in [5, 5.41) is 20.3. The lowest BCUT2D eigenvalue weighted by Gasteiger charge is -2.30. The van der Waals surface area contributed by atoms with Gasteiger partial charge in [-0.15, -0.1) is 0 Å². The minimum atomic E-state index is -0.890. The van der Waals surface area contributed by atoms with Gasteiger partial charge in [0.1, 0.15) is 5.56 Å². The Kier molecular flexibility index (Phi) is 5.22. The van der Waals surface area contributed by atoms with Crippen molar-refractivity contribution in [2.45, 2.75) is 12.8 Å². The van der Waals surface area contributed by atoms with E-state index in [1.54, 1.807) is 0 Å². The highest BCUT2D eigenvalue weighted by molar-refractivity contribution is 5.99. The van der Waals surface area contributed by atoms with Gasteiger partial charge in [0, 0.05) is 19.2 Å².